The molecule has 0 amide bonds. The van der Waals surface area contributed by atoms with Gasteiger partial charge in [0.05, 0.1) is 12.2 Å². The quantitative estimate of drug-likeness (QED) is 0.712. The van der Waals surface area contributed by atoms with Crippen LogP contribution in [-0.4, -0.2) is 57.0 Å². The Labute approximate surface area is 115 Å². The molecule has 114 valence electrons. The van der Waals surface area contributed by atoms with Gasteiger partial charge in [-0.3, -0.25) is 0 Å². The fourth-order valence-electron chi connectivity index (χ4n) is 3.06. The number of aliphatic hydroxyl groups is 3. The molecule has 5 nitrogen and oxygen atoms in total. The Hall–Kier alpha value is -0.200. The van der Waals surface area contributed by atoms with Crippen LogP contribution in [0.15, 0.2) is 0 Å². The Bertz CT molecular complexity index is 350. The van der Waals surface area contributed by atoms with E-state index in [0.717, 1.165) is 0 Å². The first-order chi connectivity index (χ1) is 8.33. The molecule has 1 fully saturated rings. The predicted molar refractivity (Wildman–Crippen MR) is 71.9 cm³/mol. The molecule has 0 aliphatic carbocycles. The molecule has 1 rings (SSSR count). The Kier molecular flexibility index (Phi) is 3.90. The lowest BCUT2D eigenvalue weighted by Gasteiger charge is -2.66. The van der Waals surface area contributed by atoms with Gasteiger partial charge >= 0.3 is 0 Å². The Morgan fingerprint density at radius 3 is 1.63 bits per heavy atom. The monoisotopic (exact) mass is 276 g/mol. The largest absolute Gasteiger partial charge is 0.384 e. The second-order valence-corrected chi connectivity index (χ2v) is 6.57. The summed E-state index contributed by atoms with van der Waals surface area (Å²) in [5.74, 6) is 0. The van der Waals surface area contributed by atoms with Crippen molar-refractivity contribution in [2.45, 2.75) is 76.0 Å². The first kappa shape index (κ1) is 16.9. The van der Waals surface area contributed by atoms with E-state index in [2.05, 4.69) is 0 Å². The van der Waals surface area contributed by atoms with Gasteiger partial charge in [-0.15, -0.1) is 0 Å². The van der Waals surface area contributed by atoms with Crippen LogP contribution in [0.3, 0.4) is 0 Å². The molecule has 1 aliphatic heterocycles. The SMILES string of the molecule is CCC1(C)OC(C)(COC)C(C)(O)C(C)(O)C1(C)O. The van der Waals surface area contributed by atoms with Gasteiger partial charge in [0, 0.05) is 7.11 Å². The highest BCUT2D eigenvalue weighted by Gasteiger charge is 2.73. The van der Waals surface area contributed by atoms with E-state index in [1.54, 1.807) is 13.8 Å². The van der Waals surface area contributed by atoms with Crippen LogP contribution in [0, 0.1) is 0 Å². The van der Waals surface area contributed by atoms with Crippen molar-refractivity contribution < 1.29 is 24.8 Å². The second kappa shape index (κ2) is 4.40. The smallest absolute Gasteiger partial charge is 0.124 e. The second-order valence-electron chi connectivity index (χ2n) is 6.57. The minimum atomic E-state index is -1.75. The molecule has 19 heavy (non-hydrogen) atoms. The Morgan fingerprint density at radius 1 is 0.842 bits per heavy atom. The molecule has 0 saturated carbocycles. The maximum Gasteiger partial charge on any atom is 0.124 e. The van der Waals surface area contributed by atoms with Gasteiger partial charge in [-0.1, -0.05) is 6.92 Å². The molecule has 0 radical (unpaired) electrons. The summed E-state index contributed by atoms with van der Waals surface area (Å²) in [7, 11) is 1.51. The molecule has 1 aliphatic rings. The number of methoxy groups -OCH3 is 1. The molecule has 5 unspecified atom stereocenters. The first-order valence-corrected chi connectivity index (χ1v) is 6.69. The third-order valence-electron chi connectivity index (χ3n) is 5.50. The van der Waals surface area contributed by atoms with Crippen molar-refractivity contribution in [1.29, 1.82) is 0 Å². The van der Waals surface area contributed by atoms with E-state index in [0.29, 0.717) is 6.42 Å². The minimum absolute atomic E-state index is 0.113. The molecular weight excluding hydrogens is 248 g/mol. The summed E-state index contributed by atoms with van der Waals surface area (Å²) >= 11 is 0. The van der Waals surface area contributed by atoms with Crippen LogP contribution in [0.4, 0.5) is 0 Å². The third kappa shape index (κ3) is 1.87. The molecule has 0 bridgehead atoms. The van der Waals surface area contributed by atoms with Crippen LogP contribution in [0.5, 0.6) is 0 Å². The number of rotatable bonds is 3. The van der Waals surface area contributed by atoms with Gasteiger partial charge in [-0.2, -0.15) is 0 Å². The number of ether oxygens (including phenoxy) is 2. The minimum Gasteiger partial charge on any atom is -0.384 e. The molecule has 0 spiro atoms. The van der Waals surface area contributed by atoms with Crippen molar-refractivity contribution in [3.05, 3.63) is 0 Å². The molecule has 3 N–H and O–H groups in total. The van der Waals surface area contributed by atoms with Crippen molar-refractivity contribution in [2.24, 2.45) is 0 Å². The summed E-state index contributed by atoms with van der Waals surface area (Å²) < 4.78 is 11.2. The molecule has 5 atom stereocenters. The van der Waals surface area contributed by atoms with Crippen molar-refractivity contribution in [3.8, 4) is 0 Å². The summed E-state index contributed by atoms with van der Waals surface area (Å²) in [6, 6.07) is 0. The maximum absolute atomic E-state index is 10.8. The highest BCUT2D eigenvalue weighted by Crippen LogP contribution is 2.54. The summed E-state index contributed by atoms with van der Waals surface area (Å²) in [6.45, 7) is 9.82. The highest BCUT2D eigenvalue weighted by atomic mass is 16.6. The van der Waals surface area contributed by atoms with E-state index in [1.165, 1.54) is 27.9 Å². The van der Waals surface area contributed by atoms with Crippen LogP contribution in [0.2, 0.25) is 0 Å². The normalized spacial score (nSPS) is 55.3. The lowest BCUT2D eigenvalue weighted by atomic mass is 9.58. The highest BCUT2D eigenvalue weighted by molar-refractivity contribution is 5.23. The zero-order valence-electron chi connectivity index (χ0n) is 13.1. The lowest BCUT2D eigenvalue weighted by molar-refractivity contribution is -0.403. The zero-order chi connectivity index (χ0) is 15.3. The topological polar surface area (TPSA) is 79.2 Å². The summed E-state index contributed by atoms with van der Waals surface area (Å²) in [4.78, 5) is 0. The van der Waals surface area contributed by atoms with Gasteiger partial charge in [-0.05, 0) is 41.0 Å². The molecule has 0 aromatic heterocycles. The summed E-state index contributed by atoms with van der Waals surface area (Å²) in [5.41, 5.74) is -7.15. The standard InChI is InChI=1S/C14H28O5/c1-8-10(2)12(4,15)14(6,17)13(5,16)11(3,19-10)9-18-7/h15-17H,8-9H2,1-7H3. The number of hydrogen-bond acceptors (Lipinski definition) is 5. The van der Waals surface area contributed by atoms with Crippen LogP contribution >= 0.6 is 0 Å². The molecule has 5 heteroatoms. The van der Waals surface area contributed by atoms with E-state index in [4.69, 9.17) is 9.47 Å². The van der Waals surface area contributed by atoms with Crippen molar-refractivity contribution in [2.75, 3.05) is 13.7 Å². The van der Waals surface area contributed by atoms with Crippen molar-refractivity contribution in [1.82, 2.24) is 0 Å². The summed E-state index contributed by atoms with van der Waals surface area (Å²) in [5, 5.41) is 32.4. The third-order valence-corrected chi connectivity index (χ3v) is 5.50. The van der Waals surface area contributed by atoms with E-state index in [-0.39, 0.29) is 6.61 Å². The van der Waals surface area contributed by atoms with Gasteiger partial charge in [0.15, 0.2) is 0 Å². The maximum atomic E-state index is 10.8. The fraction of sp³-hybridized carbons (Fsp3) is 1.00. The molecule has 1 heterocycles. The summed E-state index contributed by atoms with van der Waals surface area (Å²) in [6.07, 6.45) is 0.492. The molecular formula is C14H28O5. The van der Waals surface area contributed by atoms with E-state index in [1.807, 2.05) is 6.92 Å². The average molecular weight is 276 g/mol. The van der Waals surface area contributed by atoms with Crippen LogP contribution in [0.1, 0.15) is 48.0 Å². The molecule has 1 saturated heterocycles. The van der Waals surface area contributed by atoms with E-state index < -0.39 is 28.0 Å². The van der Waals surface area contributed by atoms with Crippen molar-refractivity contribution in [3.63, 3.8) is 0 Å². The van der Waals surface area contributed by atoms with Gasteiger partial charge in [0.1, 0.15) is 22.4 Å². The lowest BCUT2D eigenvalue weighted by Crippen LogP contribution is -2.84. The number of hydrogen-bond donors (Lipinski definition) is 3. The van der Waals surface area contributed by atoms with Crippen molar-refractivity contribution >= 4 is 0 Å². The van der Waals surface area contributed by atoms with Crippen LogP contribution < -0.4 is 0 Å². The van der Waals surface area contributed by atoms with E-state index in [9.17, 15) is 15.3 Å². The van der Waals surface area contributed by atoms with Crippen LogP contribution in [-0.2, 0) is 9.47 Å². The Morgan fingerprint density at radius 2 is 1.26 bits per heavy atom. The van der Waals surface area contributed by atoms with Gasteiger partial charge < -0.3 is 24.8 Å². The molecule has 0 aromatic carbocycles. The average Bonchev–Trinajstić information content (AvgIpc) is 2.26. The van der Waals surface area contributed by atoms with Crippen LogP contribution in [0.25, 0.3) is 0 Å². The molecule has 0 aromatic rings. The van der Waals surface area contributed by atoms with Gasteiger partial charge in [0.25, 0.3) is 0 Å². The predicted octanol–water partition coefficient (Wildman–Crippen LogP) is 0.843. The zero-order valence-corrected chi connectivity index (χ0v) is 13.1. The van der Waals surface area contributed by atoms with Gasteiger partial charge in [-0.25, -0.2) is 0 Å². The first-order valence-electron chi connectivity index (χ1n) is 6.69. The van der Waals surface area contributed by atoms with E-state index >= 15 is 0 Å². The Balaban J connectivity index is 3.46. The fourth-order valence-corrected chi connectivity index (χ4v) is 3.06. The van der Waals surface area contributed by atoms with Gasteiger partial charge in [0.2, 0.25) is 0 Å².